The van der Waals surface area contributed by atoms with E-state index in [9.17, 15) is 14.4 Å². The van der Waals surface area contributed by atoms with Crippen molar-refractivity contribution in [3.05, 3.63) is 36.0 Å². The van der Waals surface area contributed by atoms with Crippen molar-refractivity contribution in [2.24, 2.45) is 0 Å². The standard InChI is InChI=1S/C20H28N2O5S/c1-3-4-5-6-7-8-11-20(2)16(13-18(24)28-20)27-14-17(23)21-22-19(25)15-10-9-12-26-15/h9-10,12-13H,3-8,11,14H2,1-2H3,(H,21,23)(H,22,25)/t20-/m0/s1. The second-order valence-electron chi connectivity index (χ2n) is 6.95. The first-order valence-electron chi connectivity index (χ1n) is 9.65. The number of hydrogen-bond donors (Lipinski definition) is 2. The van der Waals surface area contributed by atoms with Gasteiger partial charge in [0.25, 0.3) is 5.91 Å². The topological polar surface area (TPSA) is 97.6 Å². The minimum absolute atomic E-state index is 0.0602. The average Bonchev–Trinajstić information content (AvgIpc) is 3.29. The number of ether oxygens (including phenoxy) is 1. The molecule has 0 fully saturated rings. The summed E-state index contributed by atoms with van der Waals surface area (Å²) >= 11 is 1.24. The molecule has 1 aromatic heterocycles. The maximum Gasteiger partial charge on any atom is 0.305 e. The lowest BCUT2D eigenvalue weighted by atomic mass is 9.99. The monoisotopic (exact) mass is 408 g/mol. The quantitative estimate of drug-likeness (QED) is 0.428. The third-order valence-corrected chi connectivity index (χ3v) is 5.70. The fourth-order valence-electron chi connectivity index (χ4n) is 2.95. The van der Waals surface area contributed by atoms with Crippen molar-refractivity contribution in [3.63, 3.8) is 0 Å². The number of nitrogens with one attached hydrogen (secondary N) is 2. The molecule has 0 radical (unpaired) electrons. The normalized spacial score (nSPS) is 18.6. The van der Waals surface area contributed by atoms with Crippen LogP contribution in [-0.2, 0) is 14.3 Å². The number of rotatable bonds is 11. The van der Waals surface area contributed by atoms with Gasteiger partial charge in [-0.2, -0.15) is 0 Å². The zero-order chi connectivity index (χ0) is 20.4. The molecule has 0 aliphatic carbocycles. The van der Waals surface area contributed by atoms with Crippen LogP contribution >= 0.6 is 11.8 Å². The molecule has 0 spiro atoms. The van der Waals surface area contributed by atoms with Crippen molar-refractivity contribution in [2.75, 3.05) is 6.61 Å². The summed E-state index contributed by atoms with van der Waals surface area (Å²) in [5.41, 5.74) is 4.51. The Hall–Kier alpha value is -2.22. The smallest absolute Gasteiger partial charge is 0.305 e. The van der Waals surface area contributed by atoms with Crippen LogP contribution in [0.5, 0.6) is 0 Å². The van der Waals surface area contributed by atoms with Gasteiger partial charge in [-0.05, 0) is 25.5 Å². The number of amides is 2. The van der Waals surface area contributed by atoms with Gasteiger partial charge in [0.2, 0.25) is 5.12 Å². The van der Waals surface area contributed by atoms with E-state index >= 15 is 0 Å². The van der Waals surface area contributed by atoms with E-state index in [-0.39, 0.29) is 17.5 Å². The van der Waals surface area contributed by atoms with E-state index < -0.39 is 16.6 Å². The zero-order valence-corrected chi connectivity index (χ0v) is 17.2. The Labute approximate surface area is 169 Å². The van der Waals surface area contributed by atoms with E-state index in [1.54, 1.807) is 6.07 Å². The summed E-state index contributed by atoms with van der Waals surface area (Å²) in [6.07, 6.45) is 10.7. The molecular formula is C20H28N2O5S. The van der Waals surface area contributed by atoms with Crippen LogP contribution < -0.4 is 10.9 Å². The highest BCUT2D eigenvalue weighted by Gasteiger charge is 2.39. The minimum Gasteiger partial charge on any atom is -0.486 e. The number of unbranched alkanes of at least 4 members (excludes halogenated alkanes) is 5. The molecule has 2 amide bonds. The Morgan fingerprint density at radius 3 is 2.64 bits per heavy atom. The Morgan fingerprint density at radius 1 is 1.18 bits per heavy atom. The summed E-state index contributed by atoms with van der Waals surface area (Å²) in [7, 11) is 0. The summed E-state index contributed by atoms with van der Waals surface area (Å²) in [5, 5.41) is -0.0602. The third-order valence-electron chi connectivity index (χ3n) is 4.52. The molecule has 7 nitrogen and oxygen atoms in total. The van der Waals surface area contributed by atoms with Crippen molar-refractivity contribution in [3.8, 4) is 0 Å². The lowest BCUT2D eigenvalue weighted by Gasteiger charge is -2.26. The summed E-state index contributed by atoms with van der Waals surface area (Å²) in [6, 6.07) is 3.06. The van der Waals surface area contributed by atoms with E-state index in [1.165, 1.54) is 55.9 Å². The lowest BCUT2D eigenvalue weighted by molar-refractivity contribution is -0.125. The molecule has 8 heteroatoms. The highest BCUT2D eigenvalue weighted by molar-refractivity contribution is 8.15. The van der Waals surface area contributed by atoms with Crippen LogP contribution in [0.3, 0.4) is 0 Å². The van der Waals surface area contributed by atoms with Crippen LogP contribution in [-0.4, -0.2) is 28.3 Å². The van der Waals surface area contributed by atoms with E-state index in [4.69, 9.17) is 9.15 Å². The molecular weight excluding hydrogens is 380 g/mol. The number of carbonyl (C=O) groups excluding carboxylic acids is 3. The SMILES string of the molecule is CCCCCCCC[C@]1(C)SC(=O)C=C1OCC(=O)NNC(=O)c1ccco1. The van der Waals surface area contributed by atoms with E-state index in [0.29, 0.717) is 5.76 Å². The van der Waals surface area contributed by atoms with Crippen LogP contribution in [0.15, 0.2) is 34.6 Å². The van der Waals surface area contributed by atoms with Gasteiger partial charge < -0.3 is 9.15 Å². The molecule has 154 valence electrons. The summed E-state index contributed by atoms with van der Waals surface area (Å²) in [5.74, 6) is -0.471. The largest absolute Gasteiger partial charge is 0.486 e. The maximum atomic E-state index is 11.9. The molecule has 2 N–H and O–H groups in total. The van der Waals surface area contributed by atoms with Crippen molar-refractivity contribution in [1.29, 1.82) is 0 Å². The lowest BCUT2D eigenvalue weighted by Crippen LogP contribution is -2.43. The Bertz CT molecular complexity index is 701. The van der Waals surface area contributed by atoms with Gasteiger partial charge in [0.05, 0.1) is 11.0 Å². The molecule has 2 rings (SSSR count). The molecule has 1 aliphatic heterocycles. The fourth-order valence-corrected chi connectivity index (χ4v) is 4.02. The molecule has 0 saturated heterocycles. The summed E-state index contributed by atoms with van der Waals surface area (Å²) in [4.78, 5) is 35.5. The Kier molecular flexibility index (Phi) is 8.63. The summed E-state index contributed by atoms with van der Waals surface area (Å²) in [6.45, 7) is 3.87. The first kappa shape index (κ1) is 22.1. The average molecular weight is 409 g/mol. The zero-order valence-electron chi connectivity index (χ0n) is 16.4. The van der Waals surface area contributed by atoms with Crippen molar-refractivity contribution < 1.29 is 23.5 Å². The van der Waals surface area contributed by atoms with Crippen LogP contribution in [0.1, 0.15) is 69.3 Å². The number of thioether (sulfide) groups is 1. The van der Waals surface area contributed by atoms with Crippen LogP contribution in [0.4, 0.5) is 0 Å². The van der Waals surface area contributed by atoms with Gasteiger partial charge in [0, 0.05) is 6.08 Å². The van der Waals surface area contributed by atoms with Gasteiger partial charge >= 0.3 is 5.91 Å². The predicted molar refractivity (Wildman–Crippen MR) is 107 cm³/mol. The summed E-state index contributed by atoms with van der Waals surface area (Å²) < 4.78 is 10.1. The number of hydrogen-bond acceptors (Lipinski definition) is 6. The molecule has 0 saturated carbocycles. The number of hydrazine groups is 1. The minimum atomic E-state index is -0.558. The van der Waals surface area contributed by atoms with Crippen molar-refractivity contribution >= 4 is 28.7 Å². The van der Waals surface area contributed by atoms with Gasteiger partial charge in [-0.3, -0.25) is 25.2 Å². The molecule has 1 atom stereocenters. The van der Waals surface area contributed by atoms with Gasteiger partial charge in [0.1, 0.15) is 5.76 Å². The van der Waals surface area contributed by atoms with E-state index in [2.05, 4.69) is 17.8 Å². The van der Waals surface area contributed by atoms with Crippen molar-refractivity contribution in [2.45, 2.75) is 63.5 Å². The number of furan rings is 1. The third kappa shape index (κ3) is 6.74. The molecule has 0 bridgehead atoms. The first-order chi connectivity index (χ1) is 13.4. The van der Waals surface area contributed by atoms with Gasteiger partial charge in [-0.15, -0.1) is 0 Å². The molecule has 1 aliphatic rings. The molecule has 2 heterocycles. The predicted octanol–water partition coefficient (Wildman–Crippen LogP) is 3.72. The Morgan fingerprint density at radius 2 is 1.93 bits per heavy atom. The van der Waals surface area contributed by atoms with Crippen LogP contribution in [0.25, 0.3) is 0 Å². The Balaban J connectivity index is 1.74. The van der Waals surface area contributed by atoms with Crippen molar-refractivity contribution in [1.82, 2.24) is 10.9 Å². The molecule has 1 aromatic rings. The first-order valence-corrected chi connectivity index (χ1v) is 10.5. The highest BCUT2D eigenvalue weighted by atomic mass is 32.2. The maximum absolute atomic E-state index is 11.9. The van der Waals surface area contributed by atoms with Crippen LogP contribution in [0, 0.1) is 0 Å². The van der Waals surface area contributed by atoms with Gasteiger partial charge in [-0.25, -0.2) is 0 Å². The van der Waals surface area contributed by atoms with Gasteiger partial charge in [0.15, 0.2) is 12.4 Å². The molecule has 0 unspecified atom stereocenters. The molecule has 0 aromatic carbocycles. The second kappa shape index (κ2) is 10.9. The van der Waals surface area contributed by atoms with E-state index in [1.807, 2.05) is 6.92 Å². The number of carbonyl (C=O) groups is 3. The van der Waals surface area contributed by atoms with Crippen LogP contribution in [0.2, 0.25) is 0 Å². The fraction of sp³-hybridized carbons (Fsp3) is 0.550. The van der Waals surface area contributed by atoms with Gasteiger partial charge in [-0.1, -0.05) is 57.2 Å². The molecule has 28 heavy (non-hydrogen) atoms. The highest BCUT2D eigenvalue weighted by Crippen LogP contribution is 2.43. The van der Waals surface area contributed by atoms with E-state index in [0.717, 1.165) is 19.3 Å². The second-order valence-corrected chi connectivity index (χ2v) is 8.45.